The number of hydrogen-bond acceptors (Lipinski definition) is 6. The van der Waals surface area contributed by atoms with E-state index in [4.69, 9.17) is 0 Å². The number of nitrogens with zero attached hydrogens (tertiary/aromatic N) is 3. The van der Waals surface area contributed by atoms with Crippen LogP contribution in [0.4, 0.5) is 5.00 Å². The molecule has 3 aliphatic heterocycles. The van der Waals surface area contributed by atoms with Crippen molar-refractivity contribution in [1.29, 1.82) is 0 Å². The molecule has 4 aliphatic rings. The van der Waals surface area contributed by atoms with Crippen LogP contribution in [0.25, 0.3) is 0 Å². The third-order valence-electron chi connectivity index (χ3n) is 9.85. The largest absolute Gasteiger partial charge is 0.339 e. The molecule has 10 heteroatoms. The number of likely N-dealkylation sites (tertiary alicyclic amines) is 1. The summed E-state index contributed by atoms with van der Waals surface area (Å²) < 4.78 is 29.2. The number of anilines is 1. The van der Waals surface area contributed by atoms with E-state index in [9.17, 15) is 18.0 Å². The maximum absolute atomic E-state index is 13.8. The van der Waals surface area contributed by atoms with Crippen LogP contribution >= 0.6 is 11.3 Å². The Morgan fingerprint density at radius 1 is 1.02 bits per heavy atom. The third-order valence-corrected chi connectivity index (χ3v) is 12.9. The molecule has 3 fully saturated rings. The first-order valence-corrected chi connectivity index (χ1v) is 18.2. The Morgan fingerprint density at radius 2 is 1.74 bits per heavy atom. The highest BCUT2D eigenvalue weighted by Gasteiger charge is 2.53. The summed E-state index contributed by atoms with van der Waals surface area (Å²) in [4.78, 5) is 33.1. The minimum absolute atomic E-state index is 0.00387. The fraction of sp³-hybridized carbons (Fsp3) is 0.636. The number of rotatable bonds is 7. The van der Waals surface area contributed by atoms with Gasteiger partial charge in [-0.15, -0.1) is 11.3 Å². The summed E-state index contributed by atoms with van der Waals surface area (Å²) in [7, 11) is -3.68. The van der Waals surface area contributed by atoms with Gasteiger partial charge < -0.3 is 10.2 Å². The van der Waals surface area contributed by atoms with Gasteiger partial charge in [-0.1, -0.05) is 27.7 Å². The number of piperidine rings is 1. The molecule has 43 heavy (non-hydrogen) atoms. The van der Waals surface area contributed by atoms with Crippen LogP contribution < -0.4 is 5.32 Å². The number of carbonyl (C=O) groups excluding carboxylic acids is 2. The van der Waals surface area contributed by atoms with Crippen LogP contribution in [-0.4, -0.2) is 73.1 Å². The number of hydrogen-bond donors (Lipinski definition) is 1. The number of benzene rings is 1. The summed E-state index contributed by atoms with van der Waals surface area (Å²) in [5, 5.41) is 3.67. The summed E-state index contributed by atoms with van der Waals surface area (Å²) >= 11 is 1.52. The average Bonchev–Trinajstić information content (AvgIpc) is 3.45. The van der Waals surface area contributed by atoms with E-state index in [0.717, 1.165) is 94.5 Å². The maximum atomic E-state index is 13.8. The van der Waals surface area contributed by atoms with Crippen LogP contribution in [0.3, 0.4) is 0 Å². The van der Waals surface area contributed by atoms with Gasteiger partial charge in [0.05, 0.1) is 10.5 Å². The van der Waals surface area contributed by atoms with Gasteiger partial charge in [0.2, 0.25) is 10.0 Å². The zero-order valence-electron chi connectivity index (χ0n) is 26.1. The predicted octanol–water partition coefficient (Wildman–Crippen LogP) is 5.98. The Labute approximate surface area is 260 Å². The van der Waals surface area contributed by atoms with Crippen LogP contribution in [0.15, 0.2) is 29.2 Å². The number of nitrogens with one attached hydrogen (secondary N) is 1. The van der Waals surface area contributed by atoms with E-state index < -0.39 is 10.0 Å². The normalized spacial score (nSPS) is 25.9. The molecule has 2 bridgehead atoms. The molecule has 234 valence electrons. The molecule has 2 atom stereocenters. The second kappa shape index (κ2) is 11.6. The van der Waals surface area contributed by atoms with Gasteiger partial charge in [0, 0.05) is 49.2 Å². The number of thiophene rings is 1. The van der Waals surface area contributed by atoms with Gasteiger partial charge in [0.15, 0.2) is 0 Å². The van der Waals surface area contributed by atoms with Crippen molar-refractivity contribution in [3.63, 3.8) is 0 Å². The first-order valence-electron chi connectivity index (χ1n) is 16.0. The lowest BCUT2D eigenvalue weighted by molar-refractivity contribution is 0.0724. The van der Waals surface area contributed by atoms with E-state index >= 15 is 0 Å². The monoisotopic (exact) mass is 626 g/mol. The second-order valence-electron chi connectivity index (χ2n) is 14.3. The molecule has 0 radical (unpaired) electrons. The van der Waals surface area contributed by atoms with E-state index in [1.54, 1.807) is 28.6 Å². The van der Waals surface area contributed by atoms with Gasteiger partial charge in [-0.3, -0.25) is 14.5 Å². The molecule has 6 rings (SSSR count). The van der Waals surface area contributed by atoms with Crippen LogP contribution in [0, 0.1) is 10.8 Å². The molecule has 1 saturated carbocycles. The fourth-order valence-electron chi connectivity index (χ4n) is 8.31. The lowest BCUT2D eigenvalue weighted by Crippen LogP contribution is -2.37. The summed E-state index contributed by atoms with van der Waals surface area (Å²) in [5.41, 5.74) is 2.23. The van der Waals surface area contributed by atoms with Gasteiger partial charge >= 0.3 is 0 Å². The lowest BCUT2D eigenvalue weighted by Gasteiger charge is -2.39. The Hall–Kier alpha value is -2.27. The Balaban J connectivity index is 1.23. The van der Waals surface area contributed by atoms with Crippen molar-refractivity contribution in [2.24, 2.45) is 10.8 Å². The van der Waals surface area contributed by atoms with Crippen molar-refractivity contribution in [3.05, 3.63) is 45.8 Å². The van der Waals surface area contributed by atoms with Crippen molar-refractivity contribution in [3.8, 4) is 0 Å². The highest BCUT2D eigenvalue weighted by molar-refractivity contribution is 7.89. The Morgan fingerprint density at radius 3 is 2.44 bits per heavy atom. The van der Waals surface area contributed by atoms with Crippen molar-refractivity contribution < 1.29 is 18.0 Å². The quantitative estimate of drug-likeness (QED) is 0.408. The van der Waals surface area contributed by atoms with Crippen LogP contribution in [0.2, 0.25) is 0 Å². The molecule has 2 amide bonds. The maximum Gasteiger partial charge on any atom is 0.257 e. The summed E-state index contributed by atoms with van der Waals surface area (Å²) in [6.45, 7) is 13.6. The molecule has 8 nitrogen and oxygen atoms in total. The first kappa shape index (κ1) is 30.7. The molecule has 0 spiro atoms. The minimum Gasteiger partial charge on any atom is -0.339 e. The average molecular weight is 627 g/mol. The Bertz CT molecular complexity index is 1490. The highest BCUT2D eigenvalue weighted by atomic mass is 32.2. The van der Waals surface area contributed by atoms with E-state index in [1.807, 2.05) is 4.90 Å². The second-order valence-corrected chi connectivity index (χ2v) is 17.3. The predicted molar refractivity (Wildman–Crippen MR) is 171 cm³/mol. The Kier molecular flexibility index (Phi) is 8.28. The molecule has 1 aromatic heterocycles. The summed E-state index contributed by atoms with van der Waals surface area (Å²) in [6, 6.07) is 6.32. The minimum atomic E-state index is -3.68. The van der Waals surface area contributed by atoms with Gasteiger partial charge in [0.25, 0.3) is 11.8 Å². The molecule has 1 aliphatic carbocycles. The van der Waals surface area contributed by atoms with Crippen molar-refractivity contribution >= 4 is 38.2 Å². The van der Waals surface area contributed by atoms with Crippen LogP contribution in [0.5, 0.6) is 0 Å². The smallest absolute Gasteiger partial charge is 0.257 e. The standard InChI is InChI=1S/C33H46N4O4S2/c1-5-14-35-17-13-26-27(20-35)42-30(28(26)31(39)36-15-7-6-8-16-36)34-29(38)23-9-11-25(12-10-23)43(40,41)37-22-33(4)19-24(37)18-32(2,3)21-33/h9-12,24H,5-8,13-22H2,1-4H3,(H,34,38). The summed E-state index contributed by atoms with van der Waals surface area (Å²) in [6.07, 6.45) is 7.82. The number of amides is 2. The summed E-state index contributed by atoms with van der Waals surface area (Å²) in [5.74, 6) is -0.308. The van der Waals surface area contributed by atoms with Crippen molar-refractivity contribution in [2.45, 2.75) is 96.5 Å². The number of fused-ring (bicyclic) bond motifs is 3. The van der Waals surface area contributed by atoms with Gasteiger partial charge in [-0.25, -0.2) is 8.42 Å². The molecule has 4 heterocycles. The molecule has 1 aromatic carbocycles. The molecule has 2 saturated heterocycles. The number of carbonyl (C=O) groups is 2. The van der Waals surface area contributed by atoms with Gasteiger partial charge in [-0.2, -0.15) is 4.31 Å². The van der Waals surface area contributed by atoms with E-state index in [0.29, 0.717) is 22.7 Å². The van der Waals surface area contributed by atoms with Gasteiger partial charge in [-0.05, 0) is 98.6 Å². The van der Waals surface area contributed by atoms with E-state index in [2.05, 4.69) is 37.9 Å². The zero-order chi connectivity index (χ0) is 30.6. The fourth-order valence-corrected chi connectivity index (χ4v) is 11.4. The van der Waals surface area contributed by atoms with Crippen LogP contribution in [0.1, 0.15) is 104 Å². The zero-order valence-corrected chi connectivity index (χ0v) is 27.7. The van der Waals surface area contributed by atoms with E-state index in [1.165, 1.54) is 11.3 Å². The topological polar surface area (TPSA) is 90.0 Å². The number of sulfonamides is 1. The van der Waals surface area contributed by atoms with Gasteiger partial charge in [0.1, 0.15) is 5.00 Å². The van der Waals surface area contributed by atoms with E-state index in [-0.39, 0.29) is 33.6 Å². The van der Waals surface area contributed by atoms with Crippen molar-refractivity contribution in [2.75, 3.05) is 38.0 Å². The molecular weight excluding hydrogens is 581 g/mol. The van der Waals surface area contributed by atoms with Crippen molar-refractivity contribution in [1.82, 2.24) is 14.1 Å². The SMILES string of the molecule is CCCN1CCc2c(sc(NC(=O)c3ccc(S(=O)(=O)N4CC5(C)CC4CC(C)(C)C5)cc3)c2C(=O)N2CCCCC2)C1. The molecule has 2 unspecified atom stereocenters. The molecular formula is C33H46N4O4S2. The molecule has 2 aromatic rings. The molecule has 1 N–H and O–H groups in total. The first-order chi connectivity index (χ1) is 20.4. The van der Waals surface area contributed by atoms with Crippen LogP contribution in [-0.2, 0) is 23.0 Å². The lowest BCUT2D eigenvalue weighted by atomic mass is 9.65. The third kappa shape index (κ3) is 6.04. The highest BCUT2D eigenvalue weighted by Crippen LogP contribution is 2.53.